The van der Waals surface area contributed by atoms with E-state index in [4.69, 9.17) is 14.5 Å². The molecule has 0 spiro atoms. The van der Waals surface area contributed by atoms with Crippen LogP contribution in [0.4, 0.5) is 0 Å². The Morgan fingerprint density at radius 1 is 1.16 bits per heavy atom. The molecule has 0 radical (unpaired) electrons. The van der Waals surface area contributed by atoms with Crippen LogP contribution in [0.1, 0.15) is 42.6 Å². The van der Waals surface area contributed by atoms with Gasteiger partial charge in [0.05, 0.1) is 17.6 Å². The zero-order chi connectivity index (χ0) is 22.3. The van der Waals surface area contributed by atoms with E-state index < -0.39 is 0 Å². The number of aryl methyl sites for hydroxylation is 4. The Kier molecular flexibility index (Phi) is 7.43. The predicted octanol–water partition coefficient (Wildman–Crippen LogP) is 4.35. The Morgan fingerprint density at radius 2 is 1.97 bits per heavy atom. The molecule has 170 valence electrons. The van der Waals surface area contributed by atoms with Crippen LogP contribution in [0.25, 0.3) is 11.0 Å². The van der Waals surface area contributed by atoms with E-state index in [0.717, 1.165) is 61.3 Å². The number of carbonyl (C=O) groups excluding carboxylic acids is 1. The number of imidazole rings is 1. The number of carbonyl (C=O) groups is 1. The maximum Gasteiger partial charge on any atom is 0.249 e. The summed E-state index contributed by atoms with van der Waals surface area (Å²) in [6.45, 7) is 7.01. The average Bonchev–Trinajstić information content (AvgIpc) is 3.44. The van der Waals surface area contributed by atoms with E-state index in [1.54, 1.807) is 0 Å². The Morgan fingerprint density at radius 3 is 2.75 bits per heavy atom. The molecule has 2 heterocycles. The molecule has 1 atom stereocenters. The summed E-state index contributed by atoms with van der Waals surface area (Å²) in [5.41, 5.74) is 4.51. The zero-order valence-electron chi connectivity index (χ0n) is 19.1. The topological polar surface area (TPSA) is 65.4 Å². The van der Waals surface area contributed by atoms with Gasteiger partial charge in [-0.3, -0.25) is 4.79 Å². The number of rotatable bonds is 10. The largest absolute Gasteiger partial charge is 0.493 e. The summed E-state index contributed by atoms with van der Waals surface area (Å²) in [4.78, 5) is 17.0. The predicted molar refractivity (Wildman–Crippen MR) is 126 cm³/mol. The van der Waals surface area contributed by atoms with Crippen molar-refractivity contribution in [2.45, 2.75) is 58.6 Å². The summed E-state index contributed by atoms with van der Waals surface area (Å²) >= 11 is 0. The van der Waals surface area contributed by atoms with E-state index in [0.29, 0.717) is 19.8 Å². The van der Waals surface area contributed by atoms with Crippen molar-refractivity contribution in [3.8, 4) is 5.75 Å². The van der Waals surface area contributed by atoms with Crippen molar-refractivity contribution in [3.63, 3.8) is 0 Å². The molecule has 1 amide bonds. The molecule has 1 N–H and O–H groups in total. The highest BCUT2D eigenvalue weighted by atomic mass is 16.5. The minimum Gasteiger partial charge on any atom is -0.493 e. The van der Waals surface area contributed by atoms with Gasteiger partial charge in [-0.05, 0) is 62.8 Å². The Hall–Kier alpha value is -2.86. The highest BCUT2D eigenvalue weighted by molar-refractivity contribution is 5.80. The number of amides is 1. The average molecular weight is 436 g/mol. The van der Waals surface area contributed by atoms with Crippen molar-refractivity contribution in [2.24, 2.45) is 0 Å². The molecule has 3 aromatic rings. The number of aromatic nitrogens is 2. The third kappa shape index (κ3) is 5.30. The third-order valence-corrected chi connectivity index (χ3v) is 6.01. The maximum absolute atomic E-state index is 12.1. The molecule has 1 unspecified atom stereocenters. The summed E-state index contributed by atoms with van der Waals surface area (Å²) in [7, 11) is 0. The minimum atomic E-state index is -0.267. The highest BCUT2D eigenvalue weighted by Gasteiger charge is 2.22. The Balaban J connectivity index is 1.33. The molecule has 6 heteroatoms. The van der Waals surface area contributed by atoms with Gasteiger partial charge >= 0.3 is 0 Å². The summed E-state index contributed by atoms with van der Waals surface area (Å²) in [6, 6.07) is 14.5. The number of fused-ring (bicyclic) bond motifs is 1. The lowest BCUT2D eigenvalue weighted by molar-refractivity contribution is -0.130. The van der Waals surface area contributed by atoms with Gasteiger partial charge in [0.2, 0.25) is 5.91 Å². The lowest BCUT2D eigenvalue weighted by Gasteiger charge is -2.14. The standard InChI is InChI=1S/C26H33N3O3/c1-19-9-5-10-20(2)25(19)32-18-8-16-29-22-12-4-3-11-21(22)28-24(29)14-6-15-27-26(30)23-13-7-17-31-23/h3-5,9-12,23H,6-8,13-18H2,1-2H3,(H,27,30). The van der Waals surface area contributed by atoms with Crippen molar-refractivity contribution in [3.05, 3.63) is 59.4 Å². The fourth-order valence-electron chi connectivity index (χ4n) is 4.35. The molecule has 2 aromatic carbocycles. The van der Waals surface area contributed by atoms with Gasteiger partial charge in [0.1, 0.15) is 17.7 Å². The fourth-order valence-corrected chi connectivity index (χ4v) is 4.35. The molecule has 0 saturated carbocycles. The Bertz CT molecular complexity index is 1030. The highest BCUT2D eigenvalue weighted by Crippen LogP contribution is 2.23. The van der Waals surface area contributed by atoms with Gasteiger partial charge in [0.15, 0.2) is 0 Å². The second kappa shape index (κ2) is 10.6. The van der Waals surface area contributed by atoms with Gasteiger partial charge in [0, 0.05) is 26.1 Å². The summed E-state index contributed by atoms with van der Waals surface area (Å²) in [5.74, 6) is 2.06. The number of nitrogens with one attached hydrogen (secondary N) is 1. The van der Waals surface area contributed by atoms with Gasteiger partial charge in [-0.15, -0.1) is 0 Å². The molecule has 1 aliphatic rings. The van der Waals surface area contributed by atoms with Gasteiger partial charge in [-0.2, -0.15) is 0 Å². The van der Waals surface area contributed by atoms with E-state index in [9.17, 15) is 4.79 Å². The van der Waals surface area contributed by atoms with Crippen molar-refractivity contribution in [2.75, 3.05) is 19.8 Å². The van der Waals surface area contributed by atoms with Gasteiger partial charge < -0.3 is 19.4 Å². The first-order valence-corrected chi connectivity index (χ1v) is 11.7. The number of nitrogens with zero attached hydrogens (tertiary/aromatic N) is 2. The van der Waals surface area contributed by atoms with Crippen molar-refractivity contribution in [1.82, 2.24) is 14.9 Å². The van der Waals surface area contributed by atoms with E-state index in [-0.39, 0.29) is 12.0 Å². The molecule has 1 fully saturated rings. The fraction of sp³-hybridized carbons (Fsp3) is 0.462. The van der Waals surface area contributed by atoms with Crippen molar-refractivity contribution in [1.29, 1.82) is 0 Å². The van der Waals surface area contributed by atoms with Crippen LogP contribution in [-0.4, -0.2) is 41.3 Å². The van der Waals surface area contributed by atoms with Crippen LogP contribution in [0.3, 0.4) is 0 Å². The molecule has 0 aliphatic carbocycles. The van der Waals surface area contributed by atoms with Crippen LogP contribution in [0.2, 0.25) is 0 Å². The number of benzene rings is 2. The molecule has 1 aliphatic heterocycles. The summed E-state index contributed by atoms with van der Waals surface area (Å²) < 4.78 is 13.8. The molecule has 0 bridgehead atoms. The maximum atomic E-state index is 12.1. The second-order valence-electron chi connectivity index (χ2n) is 8.49. The molecule has 1 saturated heterocycles. The molecule has 32 heavy (non-hydrogen) atoms. The van der Waals surface area contributed by atoms with E-state index in [1.165, 1.54) is 11.1 Å². The monoisotopic (exact) mass is 435 g/mol. The van der Waals surface area contributed by atoms with Crippen LogP contribution < -0.4 is 10.1 Å². The molecule has 6 nitrogen and oxygen atoms in total. The van der Waals surface area contributed by atoms with Gasteiger partial charge in [0.25, 0.3) is 0 Å². The van der Waals surface area contributed by atoms with Gasteiger partial charge in [-0.25, -0.2) is 4.98 Å². The van der Waals surface area contributed by atoms with Crippen LogP contribution >= 0.6 is 0 Å². The summed E-state index contributed by atoms with van der Waals surface area (Å²) in [6.07, 6.45) is 4.09. The third-order valence-electron chi connectivity index (χ3n) is 6.01. The van der Waals surface area contributed by atoms with Gasteiger partial charge in [-0.1, -0.05) is 30.3 Å². The van der Waals surface area contributed by atoms with Crippen LogP contribution in [-0.2, 0) is 22.5 Å². The quantitative estimate of drug-likeness (QED) is 0.481. The van der Waals surface area contributed by atoms with E-state index >= 15 is 0 Å². The first-order valence-electron chi connectivity index (χ1n) is 11.7. The normalized spacial score (nSPS) is 15.9. The SMILES string of the molecule is Cc1cccc(C)c1OCCCn1c(CCCNC(=O)C2CCCO2)nc2ccccc21. The second-order valence-corrected chi connectivity index (χ2v) is 8.49. The number of ether oxygens (including phenoxy) is 2. The Labute approximate surface area is 189 Å². The smallest absolute Gasteiger partial charge is 0.249 e. The number of hydrogen-bond donors (Lipinski definition) is 1. The minimum absolute atomic E-state index is 0.0136. The molecular formula is C26H33N3O3. The first-order chi connectivity index (χ1) is 15.6. The summed E-state index contributed by atoms with van der Waals surface area (Å²) in [5, 5.41) is 3.01. The number of para-hydroxylation sites is 3. The van der Waals surface area contributed by atoms with Crippen molar-refractivity contribution < 1.29 is 14.3 Å². The van der Waals surface area contributed by atoms with Crippen LogP contribution in [0.5, 0.6) is 5.75 Å². The van der Waals surface area contributed by atoms with E-state index in [1.807, 2.05) is 6.07 Å². The molecule has 1 aromatic heterocycles. The lowest BCUT2D eigenvalue weighted by Crippen LogP contribution is -2.34. The van der Waals surface area contributed by atoms with E-state index in [2.05, 4.69) is 60.1 Å². The molecule has 4 rings (SSSR count). The lowest BCUT2D eigenvalue weighted by atomic mass is 10.1. The van der Waals surface area contributed by atoms with Crippen LogP contribution in [0.15, 0.2) is 42.5 Å². The zero-order valence-corrected chi connectivity index (χ0v) is 19.1. The van der Waals surface area contributed by atoms with Crippen molar-refractivity contribution >= 4 is 16.9 Å². The molecular weight excluding hydrogens is 402 g/mol. The number of hydrogen-bond acceptors (Lipinski definition) is 4. The first kappa shape index (κ1) is 22.3. The van der Waals surface area contributed by atoms with Crippen LogP contribution in [0, 0.1) is 13.8 Å².